The molecule has 0 fully saturated rings. The first kappa shape index (κ1) is 40.2. The largest absolute Gasteiger partial charge is 0.493 e. The number of fused-ring (bicyclic) bond motifs is 2. The summed E-state index contributed by atoms with van der Waals surface area (Å²) in [5.41, 5.74) is 3.82. The lowest BCUT2D eigenvalue weighted by Gasteiger charge is -2.14. The Morgan fingerprint density at radius 3 is 2.44 bits per heavy atom. The van der Waals surface area contributed by atoms with Crippen LogP contribution in [0.2, 0.25) is 10.0 Å². The zero-order valence-corrected chi connectivity index (χ0v) is 33.7. The van der Waals surface area contributed by atoms with Crippen molar-refractivity contribution in [1.82, 2.24) is 15.3 Å². The lowest BCUT2D eigenvalue weighted by molar-refractivity contribution is -0.123. The molecule has 0 bridgehead atoms. The summed E-state index contributed by atoms with van der Waals surface area (Å²) >= 11 is 19.1. The molecule has 1 aromatic heterocycles. The van der Waals surface area contributed by atoms with E-state index in [0.29, 0.717) is 78.1 Å². The maximum Gasteiger partial charge on any atom is 0.258 e. The summed E-state index contributed by atoms with van der Waals surface area (Å²) in [4.78, 5) is 33.6. The van der Waals surface area contributed by atoms with Crippen molar-refractivity contribution in [2.75, 3.05) is 63.9 Å². The van der Waals surface area contributed by atoms with E-state index in [9.17, 15) is 14.0 Å². The number of aromatic nitrogens is 2. The van der Waals surface area contributed by atoms with Crippen molar-refractivity contribution in [1.29, 1.82) is 0 Å². The van der Waals surface area contributed by atoms with Crippen molar-refractivity contribution in [3.63, 3.8) is 0 Å². The highest BCUT2D eigenvalue weighted by molar-refractivity contribution is 9.11. The Labute approximate surface area is 341 Å². The van der Waals surface area contributed by atoms with Crippen LogP contribution in [0.25, 0.3) is 22.6 Å². The second-order valence-electron chi connectivity index (χ2n) is 11.7. The molecule has 3 N–H and O–H groups in total. The zero-order valence-electron chi connectivity index (χ0n) is 29.0. The Morgan fingerprint density at radius 1 is 0.909 bits per heavy atom. The topological polar surface area (TPSA) is 142 Å². The van der Waals surface area contributed by atoms with E-state index in [1.807, 2.05) is 0 Å². The Balaban J connectivity index is 0.883. The minimum atomic E-state index is -0.519. The summed E-state index contributed by atoms with van der Waals surface area (Å²) in [6.45, 7) is 1.49. The number of rotatable bonds is 17. The minimum absolute atomic E-state index is 0.0127. The molecule has 0 radical (unpaired) electrons. The van der Waals surface area contributed by atoms with E-state index in [1.54, 1.807) is 54.6 Å². The number of anilines is 3. The normalized spacial score (nSPS) is 12.8. The van der Waals surface area contributed by atoms with Gasteiger partial charge in [0.05, 0.1) is 53.0 Å². The summed E-state index contributed by atoms with van der Waals surface area (Å²) in [5, 5.41) is 9.90. The quantitative estimate of drug-likeness (QED) is 0.0615. The van der Waals surface area contributed by atoms with Crippen LogP contribution in [-0.4, -0.2) is 75.1 Å². The number of benzene rings is 4. The Hall–Kier alpha value is -4.51. The van der Waals surface area contributed by atoms with Crippen molar-refractivity contribution in [2.24, 2.45) is 0 Å². The van der Waals surface area contributed by atoms with Crippen LogP contribution in [0.5, 0.6) is 17.2 Å². The van der Waals surface area contributed by atoms with Crippen LogP contribution in [0, 0.1) is 5.82 Å². The molecule has 6 rings (SSSR count). The van der Waals surface area contributed by atoms with Gasteiger partial charge in [0.2, 0.25) is 0 Å². The number of nitrogens with zero attached hydrogens (tertiary/aromatic N) is 2. The van der Waals surface area contributed by atoms with Crippen LogP contribution in [0.4, 0.5) is 21.6 Å². The molecule has 2 amide bonds. The number of nitrogens with one attached hydrogen (secondary N) is 3. The van der Waals surface area contributed by atoms with Crippen LogP contribution >= 0.6 is 55.1 Å². The number of ether oxygens (including phenoxy) is 5. The lowest BCUT2D eigenvalue weighted by atomic mass is 10.0. The molecule has 5 aromatic rings. The zero-order chi connectivity index (χ0) is 38.9. The molecule has 55 heavy (non-hydrogen) atoms. The van der Waals surface area contributed by atoms with E-state index < -0.39 is 5.82 Å². The van der Waals surface area contributed by atoms with Crippen molar-refractivity contribution >= 4 is 107 Å². The van der Waals surface area contributed by atoms with Gasteiger partial charge in [-0.2, -0.15) is 0 Å². The fourth-order valence-corrected chi connectivity index (χ4v) is 7.20. The second-order valence-corrected chi connectivity index (χ2v) is 14.3. The highest BCUT2D eigenvalue weighted by Crippen LogP contribution is 2.39. The Kier molecular flexibility index (Phi) is 13.8. The van der Waals surface area contributed by atoms with Crippen LogP contribution in [0.3, 0.4) is 0 Å². The van der Waals surface area contributed by atoms with Crippen molar-refractivity contribution < 1.29 is 37.7 Å². The fourth-order valence-electron chi connectivity index (χ4n) is 5.40. The third-order valence-corrected chi connectivity index (χ3v) is 9.68. The molecule has 286 valence electrons. The highest BCUT2D eigenvalue weighted by Gasteiger charge is 2.24. The SMILES string of the molecule is COc1cc2ncnc(Nc3ccc(F)c(Cl)c3)c2cc1OCCOCCOCCNC(=O)COc1c(Br)cc(/C=C2\C(=O)Nc3ccc(Cl)cc32)cc1Br. The second kappa shape index (κ2) is 18.9. The third-order valence-electron chi connectivity index (χ3n) is 7.97. The van der Waals surface area contributed by atoms with E-state index in [-0.39, 0.29) is 49.8 Å². The summed E-state index contributed by atoms with van der Waals surface area (Å²) in [5.74, 6) is 0.807. The molecule has 12 nitrogen and oxygen atoms in total. The number of methoxy groups -OCH3 is 1. The van der Waals surface area contributed by atoms with Gasteiger partial charge >= 0.3 is 0 Å². The number of hydrogen-bond donors (Lipinski definition) is 3. The van der Waals surface area contributed by atoms with Gasteiger partial charge in [0.1, 0.15) is 30.3 Å². The minimum Gasteiger partial charge on any atom is -0.493 e. The monoisotopic (exact) mass is 917 g/mol. The van der Waals surface area contributed by atoms with E-state index >= 15 is 0 Å². The molecule has 1 aliphatic heterocycles. The van der Waals surface area contributed by atoms with Crippen molar-refractivity contribution in [3.05, 3.63) is 103 Å². The molecular weight excluding hydrogens is 888 g/mol. The van der Waals surface area contributed by atoms with E-state index in [4.69, 9.17) is 46.9 Å². The first-order valence-corrected chi connectivity index (χ1v) is 19.0. The molecule has 0 aliphatic carbocycles. The van der Waals surface area contributed by atoms with Gasteiger partial charge in [0.15, 0.2) is 18.1 Å². The van der Waals surface area contributed by atoms with Gasteiger partial charge in [-0.3, -0.25) is 9.59 Å². The van der Waals surface area contributed by atoms with Gasteiger partial charge in [0, 0.05) is 45.5 Å². The summed E-state index contributed by atoms with van der Waals surface area (Å²) in [7, 11) is 1.53. The number of halogens is 5. The summed E-state index contributed by atoms with van der Waals surface area (Å²) in [6, 6.07) is 16.6. The predicted octanol–water partition coefficient (Wildman–Crippen LogP) is 8.45. The molecular formula is C38H32Br2Cl2FN5O7. The third kappa shape index (κ3) is 10.4. The maximum atomic E-state index is 13.6. The van der Waals surface area contributed by atoms with Gasteiger partial charge in [-0.05, 0) is 98.1 Å². The molecule has 0 saturated heterocycles. The summed E-state index contributed by atoms with van der Waals surface area (Å²) in [6.07, 6.45) is 3.16. The van der Waals surface area contributed by atoms with Gasteiger partial charge in [-0.15, -0.1) is 0 Å². The molecule has 0 spiro atoms. The molecule has 4 aromatic carbocycles. The molecule has 0 saturated carbocycles. The number of hydrogen-bond acceptors (Lipinski definition) is 10. The van der Waals surface area contributed by atoms with Crippen LogP contribution in [0.1, 0.15) is 11.1 Å². The van der Waals surface area contributed by atoms with E-state index in [1.165, 1.54) is 25.6 Å². The predicted molar refractivity (Wildman–Crippen MR) is 216 cm³/mol. The van der Waals surface area contributed by atoms with Gasteiger partial charge < -0.3 is 39.6 Å². The Bertz CT molecular complexity index is 2240. The van der Waals surface area contributed by atoms with Crippen molar-refractivity contribution in [2.45, 2.75) is 0 Å². The smallest absolute Gasteiger partial charge is 0.258 e. The summed E-state index contributed by atoms with van der Waals surface area (Å²) < 4.78 is 43.2. The van der Waals surface area contributed by atoms with Crippen LogP contribution < -0.4 is 30.2 Å². The number of carbonyl (C=O) groups excluding carboxylic acids is 2. The molecule has 0 unspecified atom stereocenters. The number of amides is 2. The van der Waals surface area contributed by atoms with Gasteiger partial charge in [-0.25, -0.2) is 14.4 Å². The Morgan fingerprint density at radius 2 is 1.67 bits per heavy atom. The highest BCUT2D eigenvalue weighted by atomic mass is 79.9. The average Bonchev–Trinajstić information content (AvgIpc) is 3.46. The molecule has 17 heteroatoms. The van der Waals surface area contributed by atoms with E-state index in [0.717, 1.165) is 11.1 Å². The fraction of sp³-hybridized carbons (Fsp3) is 0.211. The first-order valence-electron chi connectivity index (χ1n) is 16.6. The maximum absolute atomic E-state index is 13.6. The molecule has 2 heterocycles. The molecule has 1 aliphatic rings. The first-order chi connectivity index (χ1) is 26.6. The average molecular weight is 920 g/mol. The van der Waals surface area contributed by atoms with E-state index in [2.05, 4.69) is 57.8 Å². The van der Waals surface area contributed by atoms with Gasteiger partial charge in [0.25, 0.3) is 11.8 Å². The molecule has 0 atom stereocenters. The number of carbonyl (C=O) groups is 2. The standard InChI is InChI=1S/C38H32Br2Cl2FN5O7/c1-51-33-18-32-26(37(46-20-45-32)47-23-3-4-30(43)29(42)16-23)17-34(33)54-11-10-53-9-8-52-7-6-44-35(49)19-55-36-27(39)13-21(14-28(36)40)12-25-24-15-22(41)2-5-31(24)48-38(25)50/h2-5,12-18,20H,6-11,19H2,1H3,(H,44,49)(H,48,50)(H,45,46,47)/b25-12-. The van der Waals surface area contributed by atoms with Gasteiger partial charge in [-0.1, -0.05) is 23.2 Å². The van der Waals surface area contributed by atoms with Crippen LogP contribution in [-0.2, 0) is 19.1 Å². The lowest BCUT2D eigenvalue weighted by Crippen LogP contribution is -2.32. The van der Waals surface area contributed by atoms with Crippen LogP contribution in [0.15, 0.2) is 75.9 Å². The van der Waals surface area contributed by atoms with Crippen molar-refractivity contribution in [3.8, 4) is 17.2 Å².